The maximum atomic E-state index is 12.4. The van der Waals surface area contributed by atoms with Crippen LogP contribution in [0, 0.1) is 0 Å². The van der Waals surface area contributed by atoms with Gasteiger partial charge in [0.2, 0.25) is 0 Å². The van der Waals surface area contributed by atoms with E-state index in [1.54, 1.807) is 33.2 Å². The molecule has 1 aromatic rings. The molecule has 2 N–H and O–H groups in total. The van der Waals surface area contributed by atoms with Gasteiger partial charge < -0.3 is 24.8 Å². The molecule has 1 rings (SSSR count). The molecular formula is C16H25F2N3O3. The van der Waals surface area contributed by atoms with Crippen molar-refractivity contribution in [3.8, 4) is 11.5 Å². The Hall–Kier alpha value is -2.09. The molecule has 0 aromatic heterocycles. The van der Waals surface area contributed by atoms with Crippen LogP contribution in [0.5, 0.6) is 11.5 Å². The van der Waals surface area contributed by atoms with E-state index in [0.29, 0.717) is 31.5 Å². The lowest BCUT2D eigenvalue weighted by atomic mass is 10.2. The van der Waals surface area contributed by atoms with Gasteiger partial charge in [-0.15, -0.1) is 0 Å². The number of aliphatic imine (C=N–C) groups is 1. The molecule has 0 aliphatic heterocycles. The Morgan fingerprint density at radius 1 is 1.25 bits per heavy atom. The van der Waals surface area contributed by atoms with Crippen LogP contribution in [0.2, 0.25) is 0 Å². The van der Waals surface area contributed by atoms with Gasteiger partial charge in [0.05, 0.1) is 6.61 Å². The van der Waals surface area contributed by atoms with E-state index >= 15 is 0 Å². The van der Waals surface area contributed by atoms with E-state index in [2.05, 4.69) is 20.4 Å². The Labute approximate surface area is 141 Å². The highest BCUT2D eigenvalue weighted by Gasteiger charge is 2.11. The van der Waals surface area contributed by atoms with Gasteiger partial charge in [-0.25, -0.2) is 0 Å². The van der Waals surface area contributed by atoms with Crippen molar-refractivity contribution >= 4 is 5.96 Å². The lowest BCUT2D eigenvalue weighted by molar-refractivity contribution is -0.0514. The van der Waals surface area contributed by atoms with Gasteiger partial charge in [0.15, 0.2) is 17.5 Å². The Morgan fingerprint density at radius 3 is 2.67 bits per heavy atom. The standard InChI is InChI=1S/C16H25F2N3O3/c1-4-23-14-10-12(6-7-13(14)24-15(17)18)11-21-16(19-2)20-8-5-9-22-3/h6-7,10,15H,4-5,8-9,11H2,1-3H3,(H2,19,20,21). The van der Waals surface area contributed by atoms with Crippen LogP contribution in [-0.2, 0) is 11.3 Å². The quantitative estimate of drug-likeness (QED) is 0.387. The summed E-state index contributed by atoms with van der Waals surface area (Å²) in [5.74, 6) is 0.967. The number of guanidine groups is 1. The second kappa shape index (κ2) is 11.4. The average Bonchev–Trinajstić information content (AvgIpc) is 2.56. The second-order valence-electron chi connectivity index (χ2n) is 4.79. The number of hydrogen-bond acceptors (Lipinski definition) is 4. The molecule has 136 valence electrons. The zero-order valence-corrected chi connectivity index (χ0v) is 14.3. The molecule has 0 spiro atoms. The minimum Gasteiger partial charge on any atom is -0.490 e. The molecule has 0 heterocycles. The Morgan fingerprint density at radius 2 is 2.04 bits per heavy atom. The van der Waals surface area contributed by atoms with E-state index in [1.807, 2.05) is 0 Å². The first-order valence-electron chi connectivity index (χ1n) is 7.74. The second-order valence-corrected chi connectivity index (χ2v) is 4.79. The number of alkyl halides is 2. The average molecular weight is 345 g/mol. The maximum Gasteiger partial charge on any atom is 0.387 e. The molecule has 24 heavy (non-hydrogen) atoms. The summed E-state index contributed by atoms with van der Waals surface area (Å²) in [5.41, 5.74) is 0.861. The molecule has 0 bridgehead atoms. The van der Waals surface area contributed by atoms with Crippen LogP contribution < -0.4 is 20.1 Å². The van der Waals surface area contributed by atoms with Gasteiger partial charge in [0.25, 0.3) is 0 Å². The van der Waals surface area contributed by atoms with E-state index in [9.17, 15) is 8.78 Å². The van der Waals surface area contributed by atoms with Gasteiger partial charge >= 0.3 is 6.61 Å². The number of halogens is 2. The van der Waals surface area contributed by atoms with Crippen LogP contribution in [0.15, 0.2) is 23.2 Å². The van der Waals surface area contributed by atoms with Crippen molar-refractivity contribution in [3.63, 3.8) is 0 Å². The van der Waals surface area contributed by atoms with Crippen molar-refractivity contribution in [1.82, 2.24) is 10.6 Å². The maximum absolute atomic E-state index is 12.4. The van der Waals surface area contributed by atoms with E-state index in [0.717, 1.165) is 18.5 Å². The van der Waals surface area contributed by atoms with Crippen LogP contribution >= 0.6 is 0 Å². The van der Waals surface area contributed by atoms with Gasteiger partial charge in [-0.3, -0.25) is 4.99 Å². The fourth-order valence-electron chi connectivity index (χ4n) is 1.95. The molecule has 8 heteroatoms. The largest absolute Gasteiger partial charge is 0.490 e. The fraction of sp³-hybridized carbons (Fsp3) is 0.562. The van der Waals surface area contributed by atoms with E-state index in [1.165, 1.54) is 6.07 Å². The lowest BCUT2D eigenvalue weighted by Crippen LogP contribution is -2.37. The van der Waals surface area contributed by atoms with Gasteiger partial charge in [-0.1, -0.05) is 6.07 Å². The predicted octanol–water partition coefficient (Wildman–Crippen LogP) is 2.39. The number of benzene rings is 1. The summed E-state index contributed by atoms with van der Waals surface area (Å²) in [6.07, 6.45) is 0.866. The van der Waals surface area contributed by atoms with Crippen molar-refractivity contribution in [2.24, 2.45) is 4.99 Å². The van der Waals surface area contributed by atoms with E-state index in [-0.39, 0.29) is 5.75 Å². The SMILES string of the molecule is CCOc1cc(CNC(=NC)NCCCOC)ccc1OC(F)F. The Kier molecular flexibility index (Phi) is 9.52. The molecule has 0 aliphatic carbocycles. The molecule has 0 amide bonds. The fourth-order valence-corrected chi connectivity index (χ4v) is 1.95. The number of ether oxygens (including phenoxy) is 3. The first kappa shape index (κ1) is 20.0. The highest BCUT2D eigenvalue weighted by molar-refractivity contribution is 5.79. The molecule has 0 saturated heterocycles. The van der Waals surface area contributed by atoms with Gasteiger partial charge in [0, 0.05) is 33.9 Å². The van der Waals surface area contributed by atoms with Crippen LogP contribution in [0.4, 0.5) is 8.78 Å². The summed E-state index contributed by atoms with van der Waals surface area (Å²) in [4.78, 5) is 4.11. The minimum atomic E-state index is -2.89. The smallest absolute Gasteiger partial charge is 0.387 e. The van der Waals surface area contributed by atoms with Crippen molar-refractivity contribution in [2.45, 2.75) is 26.5 Å². The first-order chi connectivity index (χ1) is 11.6. The summed E-state index contributed by atoms with van der Waals surface area (Å²) < 4.78 is 39.6. The molecule has 0 radical (unpaired) electrons. The van der Waals surface area contributed by atoms with Crippen molar-refractivity contribution < 1.29 is 23.0 Å². The van der Waals surface area contributed by atoms with Gasteiger partial charge in [-0.2, -0.15) is 8.78 Å². The molecule has 0 aliphatic rings. The molecule has 0 fully saturated rings. The van der Waals surface area contributed by atoms with Crippen molar-refractivity contribution in [1.29, 1.82) is 0 Å². The normalized spacial score (nSPS) is 11.5. The van der Waals surface area contributed by atoms with E-state index in [4.69, 9.17) is 9.47 Å². The van der Waals surface area contributed by atoms with Crippen molar-refractivity contribution in [2.75, 3.05) is 33.9 Å². The number of methoxy groups -OCH3 is 1. The van der Waals surface area contributed by atoms with E-state index < -0.39 is 6.61 Å². The molecule has 0 saturated carbocycles. The Bertz CT molecular complexity index is 513. The van der Waals surface area contributed by atoms with Crippen LogP contribution in [0.3, 0.4) is 0 Å². The predicted molar refractivity (Wildman–Crippen MR) is 88.9 cm³/mol. The van der Waals surface area contributed by atoms with Crippen LogP contribution in [0.1, 0.15) is 18.9 Å². The van der Waals surface area contributed by atoms with Gasteiger partial charge in [0.1, 0.15) is 0 Å². The molecule has 6 nitrogen and oxygen atoms in total. The third-order valence-corrected chi connectivity index (χ3v) is 3.03. The summed E-state index contributed by atoms with van der Waals surface area (Å²) in [6.45, 7) is 1.14. The van der Waals surface area contributed by atoms with Gasteiger partial charge in [-0.05, 0) is 31.0 Å². The van der Waals surface area contributed by atoms with Crippen LogP contribution in [0.25, 0.3) is 0 Å². The van der Waals surface area contributed by atoms with Crippen LogP contribution in [-0.4, -0.2) is 46.5 Å². The lowest BCUT2D eigenvalue weighted by Gasteiger charge is -2.14. The molecule has 0 atom stereocenters. The number of hydrogen-bond donors (Lipinski definition) is 2. The highest BCUT2D eigenvalue weighted by Crippen LogP contribution is 2.29. The molecule has 0 unspecified atom stereocenters. The highest BCUT2D eigenvalue weighted by atomic mass is 19.3. The topological polar surface area (TPSA) is 64.1 Å². The number of rotatable bonds is 10. The molecule has 1 aromatic carbocycles. The summed E-state index contributed by atoms with van der Waals surface area (Å²) in [5, 5.41) is 6.30. The monoisotopic (exact) mass is 345 g/mol. The third-order valence-electron chi connectivity index (χ3n) is 3.03. The summed E-state index contributed by atoms with van der Waals surface area (Å²) >= 11 is 0. The Balaban J connectivity index is 2.61. The third kappa shape index (κ3) is 7.45. The summed E-state index contributed by atoms with van der Waals surface area (Å²) in [6, 6.07) is 4.85. The minimum absolute atomic E-state index is 0.0256. The van der Waals surface area contributed by atoms with Crippen molar-refractivity contribution in [3.05, 3.63) is 23.8 Å². The number of nitrogens with one attached hydrogen (secondary N) is 2. The molecular weight excluding hydrogens is 320 g/mol. The summed E-state index contributed by atoms with van der Waals surface area (Å²) in [7, 11) is 3.33. The zero-order chi connectivity index (χ0) is 17.8. The zero-order valence-electron chi connectivity index (χ0n) is 14.3. The first-order valence-corrected chi connectivity index (χ1v) is 7.74. The number of nitrogens with zero attached hydrogens (tertiary/aromatic N) is 1.